The second kappa shape index (κ2) is 5.16. The number of rotatable bonds is 3. The average Bonchev–Trinajstić information content (AvgIpc) is 3.11. The molecule has 1 aromatic rings. The third-order valence-corrected chi connectivity index (χ3v) is 4.32. The second-order valence-corrected chi connectivity index (χ2v) is 7.23. The van der Waals surface area contributed by atoms with Crippen molar-refractivity contribution in [1.82, 2.24) is 5.32 Å². The monoisotopic (exact) mass is 325 g/mol. The summed E-state index contributed by atoms with van der Waals surface area (Å²) in [6, 6.07) is 9.96. The minimum atomic E-state index is -0.517. The molecule has 1 amide bonds. The first-order valence-electron chi connectivity index (χ1n) is 6.57. The van der Waals surface area contributed by atoms with E-state index in [2.05, 4.69) is 21.2 Å². The van der Waals surface area contributed by atoms with Crippen LogP contribution in [0.4, 0.5) is 4.79 Å². The average molecular weight is 326 g/mol. The number of alkyl halides is 1. The molecule has 1 aromatic carbocycles. The zero-order valence-electron chi connectivity index (χ0n) is 11.6. The van der Waals surface area contributed by atoms with E-state index < -0.39 is 10.0 Å². The number of nitrogens with one attached hydrogen (secondary N) is 1. The number of hydrogen-bond acceptors (Lipinski definition) is 2. The summed E-state index contributed by atoms with van der Waals surface area (Å²) in [5.41, 5.74) is 0.571. The van der Waals surface area contributed by atoms with Crippen molar-refractivity contribution in [3.05, 3.63) is 35.9 Å². The van der Waals surface area contributed by atoms with Gasteiger partial charge in [-0.15, -0.1) is 0 Å². The van der Waals surface area contributed by atoms with Crippen molar-refractivity contribution < 1.29 is 9.53 Å². The number of halogens is 1. The molecule has 0 radical (unpaired) electrons. The Morgan fingerprint density at radius 2 is 1.84 bits per heavy atom. The van der Waals surface area contributed by atoms with E-state index in [-0.39, 0.29) is 6.09 Å². The Bertz CT molecular complexity index is 451. The minimum Gasteiger partial charge on any atom is -0.444 e. The fourth-order valence-electron chi connectivity index (χ4n) is 2.02. The van der Waals surface area contributed by atoms with E-state index in [1.165, 1.54) is 0 Å². The van der Waals surface area contributed by atoms with Crippen LogP contribution in [0.1, 0.15) is 39.2 Å². The number of hydrogen-bond donors (Lipinski definition) is 1. The predicted octanol–water partition coefficient (Wildman–Crippen LogP) is 4.17. The van der Waals surface area contributed by atoms with Crippen LogP contribution in [0, 0.1) is 5.92 Å². The molecule has 1 aliphatic rings. The standard InChI is InChI=1S/C15H20BrNO2/c1-14(2,3)19-13(18)17-15(16,12-9-10-12)11-7-5-4-6-8-11/h4-8,12H,9-10H2,1-3H3,(H,17,18)/t15-/m0/s1. The molecule has 0 unspecified atom stereocenters. The molecular formula is C15H20BrNO2. The van der Waals surface area contributed by atoms with Crippen LogP contribution >= 0.6 is 15.9 Å². The number of amides is 1. The van der Waals surface area contributed by atoms with Crippen LogP contribution in [0.15, 0.2) is 30.3 Å². The molecule has 0 aromatic heterocycles. The van der Waals surface area contributed by atoms with Crippen molar-refractivity contribution in [2.24, 2.45) is 5.92 Å². The van der Waals surface area contributed by atoms with Crippen LogP contribution < -0.4 is 5.32 Å². The van der Waals surface area contributed by atoms with E-state index in [1.54, 1.807) is 0 Å². The normalized spacial score (nSPS) is 18.5. The number of alkyl carbamates (subject to hydrolysis) is 1. The van der Waals surface area contributed by atoms with Crippen LogP contribution in [0.3, 0.4) is 0 Å². The lowest BCUT2D eigenvalue weighted by molar-refractivity contribution is 0.0486. The molecule has 4 heteroatoms. The molecule has 0 bridgehead atoms. The molecule has 0 saturated heterocycles. The fourth-order valence-corrected chi connectivity index (χ4v) is 2.91. The first-order chi connectivity index (χ1) is 8.81. The van der Waals surface area contributed by atoms with Crippen LogP contribution in [0.25, 0.3) is 0 Å². The minimum absolute atomic E-state index is 0.389. The summed E-state index contributed by atoms with van der Waals surface area (Å²) < 4.78 is 4.84. The Kier molecular flexibility index (Phi) is 3.90. The summed E-state index contributed by atoms with van der Waals surface area (Å²) in [6.45, 7) is 5.59. The molecule has 1 N–H and O–H groups in total. The van der Waals surface area contributed by atoms with Gasteiger partial charge in [0.25, 0.3) is 0 Å². The van der Waals surface area contributed by atoms with Gasteiger partial charge < -0.3 is 10.1 Å². The van der Waals surface area contributed by atoms with Gasteiger partial charge in [-0.1, -0.05) is 46.3 Å². The largest absolute Gasteiger partial charge is 0.444 e. The van der Waals surface area contributed by atoms with Gasteiger partial charge in [0.2, 0.25) is 0 Å². The molecule has 1 aliphatic carbocycles. The number of carbonyl (C=O) groups is 1. The van der Waals surface area contributed by atoms with Crippen molar-refractivity contribution in [1.29, 1.82) is 0 Å². The van der Waals surface area contributed by atoms with E-state index in [9.17, 15) is 4.79 Å². The van der Waals surface area contributed by atoms with Crippen molar-refractivity contribution in [3.63, 3.8) is 0 Å². The van der Waals surface area contributed by atoms with E-state index in [1.807, 2.05) is 51.1 Å². The molecule has 104 valence electrons. The van der Waals surface area contributed by atoms with Gasteiger partial charge in [0.05, 0.1) is 0 Å². The highest BCUT2D eigenvalue weighted by Crippen LogP contribution is 2.49. The molecule has 2 rings (SSSR count). The zero-order chi connectivity index (χ0) is 14.1. The summed E-state index contributed by atoms with van der Waals surface area (Å²) in [4.78, 5) is 12.0. The van der Waals surface area contributed by atoms with Gasteiger partial charge in [-0.2, -0.15) is 0 Å². The highest BCUT2D eigenvalue weighted by Gasteiger charge is 2.46. The van der Waals surface area contributed by atoms with Gasteiger partial charge in [0.1, 0.15) is 10.0 Å². The SMILES string of the molecule is CC(C)(C)OC(=O)N[C@@](Br)(c1ccccc1)C1CC1. The highest BCUT2D eigenvalue weighted by molar-refractivity contribution is 9.09. The van der Waals surface area contributed by atoms with Crippen molar-refractivity contribution in [3.8, 4) is 0 Å². The first kappa shape index (κ1) is 14.4. The van der Waals surface area contributed by atoms with E-state index in [4.69, 9.17) is 4.74 Å². The van der Waals surface area contributed by atoms with E-state index in [0.29, 0.717) is 5.92 Å². The topological polar surface area (TPSA) is 38.3 Å². The molecule has 1 saturated carbocycles. The zero-order valence-corrected chi connectivity index (χ0v) is 13.2. The summed E-state index contributed by atoms with van der Waals surface area (Å²) in [5.74, 6) is 0.419. The lowest BCUT2D eigenvalue weighted by atomic mass is 10.0. The van der Waals surface area contributed by atoms with E-state index in [0.717, 1.165) is 18.4 Å². The molecule has 0 heterocycles. The fraction of sp³-hybridized carbons (Fsp3) is 0.533. The third-order valence-electron chi connectivity index (χ3n) is 3.02. The van der Waals surface area contributed by atoms with Crippen LogP contribution in [-0.4, -0.2) is 11.7 Å². The maximum Gasteiger partial charge on any atom is 0.409 e. The lowest BCUT2D eigenvalue weighted by Crippen LogP contribution is -2.45. The van der Waals surface area contributed by atoms with Gasteiger partial charge in [0, 0.05) is 0 Å². The van der Waals surface area contributed by atoms with Crippen molar-refractivity contribution in [2.45, 2.75) is 43.7 Å². The van der Waals surface area contributed by atoms with Crippen molar-refractivity contribution in [2.75, 3.05) is 0 Å². The Labute approximate surface area is 122 Å². The number of carbonyl (C=O) groups excluding carboxylic acids is 1. The summed E-state index contributed by atoms with van der Waals surface area (Å²) in [6.07, 6.45) is 1.83. The number of benzene rings is 1. The van der Waals surface area contributed by atoms with Gasteiger partial charge >= 0.3 is 6.09 Å². The maximum atomic E-state index is 12.0. The predicted molar refractivity (Wildman–Crippen MR) is 79.1 cm³/mol. The quantitative estimate of drug-likeness (QED) is 0.669. The van der Waals surface area contributed by atoms with E-state index >= 15 is 0 Å². The van der Waals surface area contributed by atoms with Crippen LogP contribution in [-0.2, 0) is 9.19 Å². The lowest BCUT2D eigenvalue weighted by Gasteiger charge is -2.31. The van der Waals surface area contributed by atoms with Crippen LogP contribution in [0.5, 0.6) is 0 Å². The summed E-state index contributed by atoms with van der Waals surface area (Å²) in [7, 11) is 0. The van der Waals surface area contributed by atoms with Crippen molar-refractivity contribution >= 4 is 22.0 Å². The molecule has 0 aliphatic heterocycles. The molecule has 1 atom stereocenters. The third kappa shape index (κ3) is 3.72. The molecular weight excluding hydrogens is 306 g/mol. The Morgan fingerprint density at radius 3 is 2.32 bits per heavy atom. The van der Waals surface area contributed by atoms with Gasteiger partial charge in [-0.05, 0) is 45.1 Å². The van der Waals surface area contributed by atoms with Gasteiger partial charge in [-0.25, -0.2) is 4.79 Å². The molecule has 19 heavy (non-hydrogen) atoms. The molecule has 1 fully saturated rings. The first-order valence-corrected chi connectivity index (χ1v) is 7.36. The van der Waals surface area contributed by atoms with Gasteiger partial charge in [-0.3, -0.25) is 0 Å². The summed E-state index contributed by atoms with van der Waals surface area (Å²) >= 11 is 3.72. The molecule has 3 nitrogen and oxygen atoms in total. The Morgan fingerprint density at radius 1 is 1.26 bits per heavy atom. The smallest absolute Gasteiger partial charge is 0.409 e. The second-order valence-electron chi connectivity index (χ2n) is 5.98. The Hall–Kier alpha value is -1.03. The van der Waals surface area contributed by atoms with Crippen LogP contribution in [0.2, 0.25) is 0 Å². The Balaban J connectivity index is 2.15. The maximum absolute atomic E-state index is 12.0. The van der Waals surface area contributed by atoms with Gasteiger partial charge in [0.15, 0.2) is 0 Å². The summed E-state index contributed by atoms with van der Waals surface area (Å²) in [5, 5.41) is 2.98. The highest BCUT2D eigenvalue weighted by atomic mass is 79.9. The molecule has 0 spiro atoms. The number of ether oxygens (including phenoxy) is 1.